The van der Waals surface area contributed by atoms with Crippen molar-refractivity contribution in [2.45, 2.75) is 12.2 Å². The molecule has 0 amide bonds. The smallest absolute Gasteiger partial charge is 0.341 e. The zero-order valence-corrected chi connectivity index (χ0v) is 18.6. The summed E-state index contributed by atoms with van der Waals surface area (Å²) in [4.78, 5) is 29.1. The van der Waals surface area contributed by atoms with Crippen molar-refractivity contribution in [3.8, 4) is 5.82 Å². The van der Waals surface area contributed by atoms with Gasteiger partial charge in [-0.25, -0.2) is 22.9 Å². The zero-order valence-electron chi connectivity index (χ0n) is 17.8. The fraction of sp³-hybridized carbons (Fsp3) is 0.286. The number of nitrogens with one attached hydrogen (secondary N) is 1. The van der Waals surface area contributed by atoms with Gasteiger partial charge in [0.25, 0.3) is 0 Å². The minimum Gasteiger partial charge on any atom is -0.477 e. The lowest BCUT2D eigenvalue weighted by molar-refractivity contribution is 0.0695. The van der Waals surface area contributed by atoms with Crippen LogP contribution in [0.3, 0.4) is 0 Å². The molecule has 4 heterocycles. The van der Waals surface area contributed by atoms with Gasteiger partial charge >= 0.3 is 5.97 Å². The van der Waals surface area contributed by atoms with Crippen LogP contribution in [0.5, 0.6) is 0 Å². The first-order valence-electron chi connectivity index (χ1n) is 10.2. The first-order valence-corrected chi connectivity index (χ1v) is 10.6. The van der Waals surface area contributed by atoms with Crippen LogP contribution in [0.1, 0.15) is 10.4 Å². The topological polar surface area (TPSA) is 154 Å². The molecule has 2 aromatic heterocycles. The number of benzene rings is 1. The second kappa shape index (κ2) is 9.34. The zero-order chi connectivity index (χ0) is 25.6. The number of nitrogen functional groups attached to an aromatic ring is 1. The molecule has 0 aliphatic carbocycles. The second-order valence-electron chi connectivity index (χ2n) is 8.00. The Morgan fingerprint density at radius 1 is 1.11 bits per heavy atom. The molecule has 6 N–H and O–H groups in total. The molecule has 0 spiro atoms. The maximum absolute atomic E-state index is 14.8. The highest BCUT2D eigenvalue weighted by atomic mass is 35.5. The molecule has 2 aliphatic rings. The molecule has 0 atom stereocenters. The Balaban J connectivity index is 0.000000514. The van der Waals surface area contributed by atoms with E-state index in [1.165, 1.54) is 4.90 Å². The number of halogens is 4. The number of hydrogen-bond acceptors (Lipinski definition) is 8. The number of aliphatic hydroxyl groups excluding tert-OH is 2. The van der Waals surface area contributed by atoms with E-state index in [4.69, 9.17) is 22.4 Å². The third-order valence-corrected chi connectivity index (χ3v) is 5.85. The van der Waals surface area contributed by atoms with Crippen molar-refractivity contribution in [1.29, 1.82) is 0 Å². The lowest BCUT2D eigenvalue weighted by Crippen LogP contribution is -2.51. The second-order valence-corrected chi connectivity index (χ2v) is 8.37. The van der Waals surface area contributed by atoms with Gasteiger partial charge in [-0.2, -0.15) is 0 Å². The van der Waals surface area contributed by atoms with Crippen molar-refractivity contribution in [3.05, 3.63) is 56.6 Å². The summed E-state index contributed by atoms with van der Waals surface area (Å²) in [5, 5.41) is 29.4. The number of aliphatic hydroxyl groups is 2. The van der Waals surface area contributed by atoms with E-state index in [1.54, 1.807) is 0 Å². The first-order chi connectivity index (χ1) is 16.5. The van der Waals surface area contributed by atoms with E-state index in [2.05, 4.69) is 10.3 Å². The minimum atomic E-state index is -1.65. The molecule has 14 heteroatoms. The van der Waals surface area contributed by atoms with Crippen LogP contribution in [0.15, 0.2) is 23.1 Å². The molecule has 3 aromatic rings. The van der Waals surface area contributed by atoms with Gasteiger partial charge in [-0.1, -0.05) is 11.6 Å². The molecule has 2 aliphatic heterocycles. The molecule has 2 fully saturated rings. The predicted molar refractivity (Wildman–Crippen MR) is 121 cm³/mol. The van der Waals surface area contributed by atoms with Crippen molar-refractivity contribution in [1.82, 2.24) is 14.9 Å². The number of carboxylic acids is 1. The number of β-amino-alcohol motifs (C(OH)–C–C–N with tert-alkyl or cyclic N) is 2. The van der Waals surface area contributed by atoms with Crippen molar-refractivity contribution >= 4 is 40.0 Å². The normalized spacial score (nSPS) is 15.9. The average molecular weight is 514 g/mol. The molecule has 0 unspecified atom stereocenters. The van der Waals surface area contributed by atoms with E-state index >= 15 is 0 Å². The Morgan fingerprint density at radius 3 is 2.26 bits per heavy atom. The summed E-state index contributed by atoms with van der Waals surface area (Å²) in [6.07, 6.45) is 0.00705. The van der Waals surface area contributed by atoms with Crippen molar-refractivity contribution in [3.63, 3.8) is 0 Å². The fourth-order valence-electron chi connectivity index (χ4n) is 3.56. The number of rotatable bonds is 3. The number of aromatic nitrogens is 2. The van der Waals surface area contributed by atoms with Gasteiger partial charge in [-0.05, 0) is 6.07 Å². The largest absolute Gasteiger partial charge is 0.477 e. The van der Waals surface area contributed by atoms with Crippen LogP contribution in [0.4, 0.5) is 24.7 Å². The highest BCUT2D eigenvalue weighted by Crippen LogP contribution is 2.38. The van der Waals surface area contributed by atoms with Crippen LogP contribution in [-0.2, 0) is 0 Å². The van der Waals surface area contributed by atoms with Gasteiger partial charge in [0.1, 0.15) is 11.4 Å². The van der Waals surface area contributed by atoms with Crippen LogP contribution in [0.2, 0.25) is 5.02 Å². The fourth-order valence-corrected chi connectivity index (χ4v) is 3.97. The Hall–Kier alpha value is -3.39. The number of carboxylic acid groups (broad SMARTS) is 1. The Labute approximate surface area is 200 Å². The molecule has 1 aromatic carbocycles. The molecule has 0 radical (unpaired) electrons. The van der Waals surface area contributed by atoms with Crippen LogP contribution < -0.4 is 21.4 Å². The summed E-state index contributed by atoms with van der Waals surface area (Å²) in [7, 11) is 0. The van der Waals surface area contributed by atoms with Gasteiger partial charge in [0.15, 0.2) is 23.3 Å². The number of hydrogen-bond donors (Lipinski definition) is 5. The third-order valence-electron chi connectivity index (χ3n) is 5.49. The summed E-state index contributed by atoms with van der Waals surface area (Å²) in [6.45, 7) is 1.71. The van der Waals surface area contributed by atoms with E-state index in [9.17, 15) is 33.0 Å². The highest BCUT2D eigenvalue weighted by molar-refractivity contribution is 6.38. The van der Waals surface area contributed by atoms with Crippen molar-refractivity contribution in [2.75, 3.05) is 36.8 Å². The van der Waals surface area contributed by atoms with Gasteiger partial charge in [0, 0.05) is 38.4 Å². The number of nitrogens with two attached hydrogens (primary N) is 1. The maximum atomic E-state index is 14.8. The molecule has 0 saturated carbocycles. The van der Waals surface area contributed by atoms with Gasteiger partial charge in [0.2, 0.25) is 5.43 Å². The molecule has 2 saturated heterocycles. The lowest BCUT2D eigenvalue weighted by Gasteiger charge is -2.38. The molecular weight excluding hydrogens is 495 g/mol. The molecule has 10 nitrogen and oxygen atoms in total. The summed E-state index contributed by atoms with van der Waals surface area (Å²) in [5.41, 5.74) is 3.13. The molecule has 35 heavy (non-hydrogen) atoms. The molecule has 0 bridgehead atoms. The quantitative estimate of drug-likeness (QED) is 0.343. The summed E-state index contributed by atoms with van der Waals surface area (Å²) in [6, 6.07) is 1.21. The Kier molecular flexibility index (Phi) is 6.60. The van der Waals surface area contributed by atoms with Crippen LogP contribution in [-0.4, -0.2) is 69.2 Å². The summed E-state index contributed by atoms with van der Waals surface area (Å²) >= 11 is 6.36. The number of fused-ring (bicyclic) bond motifs is 1. The van der Waals surface area contributed by atoms with Gasteiger partial charge in [-0.15, -0.1) is 0 Å². The Bertz CT molecular complexity index is 1390. The lowest BCUT2D eigenvalue weighted by atomic mass is 10.1. The minimum absolute atomic E-state index is 0.0463. The monoisotopic (exact) mass is 513 g/mol. The van der Waals surface area contributed by atoms with Crippen molar-refractivity contribution < 1.29 is 33.3 Å². The third kappa shape index (κ3) is 4.50. The first kappa shape index (κ1) is 24.7. The number of aromatic carboxylic acids is 1. The van der Waals surface area contributed by atoms with Gasteiger partial charge in [0.05, 0.1) is 33.8 Å². The number of anilines is 2. The van der Waals surface area contributed by atoms with Gasteiger partial charge in [-0.3, -0.25) is 9.36 Å². The standard InChI is InChI=1S/C18H12ClF3N4O4.C3H7NO/c19-12-13-7(1-9(20)14(12)25-3-6(27)4-25)15(28)8(18(29)30)5-26(13)17-11(22)2-10(21)16(23)24-17;5-3-1-4-2-3/h1-2,5-6,27H,3-4H2,(H2,23,24)(H,29,30);3-5H,1-2H2. The number of nitrogens with zero attached hydrogens (tertiary/aromatic N) is 3. The van der Waals surface area contributed by atoms with E-state index in [0.717, 1.165) is 29.9 Å². The maximum Gasteiger partial charge on any atom is 0.341 e. The SMILES string of the molecule is Nc1nc(-n2cc(C(=O)O)c(=O)c3cc(F)c(N4CC(O)C4)c(Cl)c32)c(F)cc1F.OC1CNC1. The molecular formula is C21H19ClF3N5O5. The number of carbonyl (C=O) groups is 1. The number of pyridine rings is 2. The van der Waals surface area contributed by atoms with Gasteiger partial charge < -0.3 is 31.3 Å². The summed E-state index contributed by atoms with van der Waals surface area (Å²) in [5.74, 6) is -6.27. The van der Waals surface area contributed by atoms with Crippen molar-refractivity contribution in [2.24, 2.45) is 0 Å². The predicted octanol–water partition coefficient (Wildman–Crippen LogP) is 0.868. The summed E-state index contributed by atoms with van der Waals surface area (Å²) < 4.78 is 43.6. The van der Waals surface area contributed by atoms with Crippen LogP contribution in [0, 0.1) is 17.5 Å². The average Bonchev–Trinajstić information content (AvgIpc) is 2.74. The van der Waals surface area contributed by atoms with E-state index in [0.29, 0.717) is 6.07 Å². The van der Waals surface area contributed by atoms with E-state index in [-0.39, 0.29) is 35.4 Å². The van der Waals surface area contributed by atoms with Crippen LogP contribution in [0.25, 0.3) is 16.7 Å². The highest BCUT2D eigenvalue weighted by Gasteiger charge is 2.31. The van der Waals surface area contributed by atoms with E-state index in [1.807, 2.05) is 0 Å². The van der Waals surface area contributed by atoms with E-state index < -0.39 is 57.5 Å². The Morgan fingerprint density at radius 2 is 1.74 bits per heavy atom. The molecule has 5 rings (SSSR count). The molecule has 186 valence electrons. The van der Waals surface area contributed by atoms with Crippen LogP contribution >= 0.6 is 11.6 Å².